The van der Waals surface area contributed by atoms with Crippen molar-refractivity contribution in [1.29, 1.82) is 0 Å². The molecule has 1 saturated carbocycles. The molecule has 0 bridgehead atoms. The number of aliphatic hydroxyl groups is 1. The lowest BCUT2D eigenvalue weighted by Gasteiger charge is -2.31. The molecule has 0 aliphatic heterocycles. The summed E-state index contributed by atoms with van der Waals surface area (Å²) >= 11 is 0. The number of nitrogens with one attached hydrogen (secondary N) is 1. The van der Waals surface area contributed by atoms with Gasteiger partial charge in [0.15, 0.2) is 5.69 Å². The van der Waals surface area contributed by atoms with E-state index in [0.29, 0.717) is 24.6 Å². The molecule has 0 atom stereocenters. The topological polar surface area (TPSA) is 66.6 Å². The minimum absolute atomic E-state index is 0.0424. The van der Waals surface area contributed by atoms with Gasteiger partial charge < -0.3 is 14.8 Å². The standard InChI is InChI=1S/C19H27N3O2/c1-3-19(4-2,10-12-23)13-20-18(24)16-15-7-5-6-11-22(15)17(21-16)14-8-9-14/h5-7,11,14,23H,3-4,8-10,12-13H2,1-2H3,(H,20,24). The number of hydrogen-bond donors (Lipinski definition) is 2. The molecule has 0 aromatic carbocycles. The molecule has 2 aromatic heterocycles. The van der Waals surface area contributed by atoms with Crippen LogP contribution in [0.3, 0.4) is 0 Å². The Bertz CT molecular complexity index is 714. The lowest BCUT2D eigenvalue weighted by Crippen LogP contribution is -2.37. The molecule has 2 heterocycles. The van der Waals surface area contributed by atoms with Crippen molar-refractivity contribution >= 4 is 11.4 Å². The zero-order valence-electron chi connectivity index (χ0n) is 14.6. The first-order chi connectivity index (χ1) is 11.6. The Morgan fingerprint density at radius 3 is 2.75 bits per heavy atom. The van der Waals surface area contributed by atoms with Crippen molar-refractivity contribution < 1.29 is 9.90 Å². The maximum atomic E-state index is 12.7. The van der Waals surface area contributed by atoms with Gasteiger partial charge in [-0.05, 0) is 49.7 Å². The first kappa shape index (κ1) is 17.0. The highest BCUT2D eigenvalue weighted by molar-refractivity contribution is 5.99. The van der Waals surface area contributed by atoms with Gasteiger partial charge in [-0.3, -0.25) is 4.79 Å². The maximum Gasteiger partial charge on any atom is 0.272 e. The number of amides is 1. The molecule has 2 aromatic rings. The summed E-state index contributed by atoms with van der Waals surface area (Å²) in [5, 5.41) is 12.4. The predicted molar refractivity (Wildman–Crippen MR) is 94.2 cm³/mol. The summed E-state index contributed by atoms with van der Waals surface area (Å²) in [5.41, 5.74) is 1.35. The molecule has 0 radical (unpaired) electrons. The fraction of sp³-hybridized carbons (Fsp3) is 0.579. The summed E-state index contributed by atoms with van der Waals surface area (Å²) in [4.78, 5) is 17.4. The summed E-state index contributed by atoms with van der Waals surface area (Å²) < 4.78 is 2.05. The van der Waals surface area contributed by atoms with Crippen LogP contribution in [0.25, 0.3) is 5.52 Å². The number of fused-ring (bicyclic) bond motifs is 1. The summed E-state index contributed by atoms with van der Waals surface area (Å²) in [6, 6.07) is 5.87. The second kappa shape index (κ2) is 6.93. The van der Waals surface area contributed by atoms with Crippen molar-refractivity contribution in [3.63, 3.8) is 0 Å². The van der Waals surface area contributed by atoms with Gasteiger partial charge in [0.25, 0.3) is 5.91 Å². The molecule has 2 N–H and O–H groups in total. The minimum Gasteiger partial charge on any atom is -0.396 e. The maximum absolute atomic E-state index is 12.7. The second-order valence-electron chi connectivity index (χ2n) is 6.91. The van der Waals surface area contributed by atoms with E-state index in [1.165, 1.54) is 0 Å². The minimum atomic E-state index is -0.116. The Morgan fingerprint density at radius 2 is 2.12 bits per heavy atom. The first-order valence-electron chi connectivity index (χ1n) is 9.00. The Labute approximate surface area is 143 Å². The van der Waals surface area contributed by atoms with E-state index in [4.69, 9.17) is 0 Å². The zero-order valence-corrected chi connectivity index (χ0v) is 14.6. The molecule has 5 heteroatoms. The molecule has 0 unspecified atom stereocenters. The van der Waals surface area contributed by atoms with Crippen LogP contribution in [0.2, 0.25) is 0 Å². The van der Waals surface area contributed by atoms with Gasteiger partial charge in [0.1, 0.15) is 5.82 Å². The molecular weight excluding hydrogens is 302 g/mol. The van der Waals surface area contributed by atoms with E-state index in [0.717, 1.165) is 37.0 Å². The molecule has 1 aliphatic carbocycles. The third-order valence-corrected chi connectivity index (χ3v) is 5.50. The van der Waals surface area contributed by atoms with Crippen LogP contribution in [-0.2, 0) is 0 Å². The monoisotopic (exact) mass is 329 g/mol. The van der Waals surface area contributed by atoms with Gasteiger partial charge in [-0.2, -0.15) is 0 Å². The summed E-state index contributed by atoms with van der Waals surface area (Å²) in [6.07, 6.45) is 6.86. The van der Waals surface area contributed by atoms with E-state index < -0.39 is 0 Å². The van der Waals surface area contributed by atoms with E-state index in [9.17, 15) is 9.90 Å². The number of carbonyl (C=O) groups excluding carboxylic acids is 1. The number of aromatic nitrogens is 2. The summed E-state index contributed by atoms with van der Waals surface area (Å²) in [6.45, 7) is 4.95. The highest BCUT2D eigenvalue weighted by Crippen LogP contribution is 2.40. The van der Waals surface area contributed by atoms with E-state index in [-0.39, 0.29) is 17.9 Å². The summed E-state index contributed by atoms with van der Waals surface area (Å²) in [7, 11) is 0. The predicted octanol–water partition coefficient (Wildman–Crippen LogP) is 3.13. The lowest BCUT2D eigenvalue weighted by molar-refractivity contribution is 0.0904. The first-order valence-corrected chi connectivity index (χ1v) is 9.00. The van der Waals surface area contributed by atoms with Crippen LogP contribution in [0, 0.1) is 5.41 Å². The fourth-order valence-corrected chi connectivity index (χ4v) is 3.39. The molecule has 0 spiro atoms. The van der Waals surface area contributed by atoms with Crippen LogP contribution >= 0.6 is 0 Å². The van der Waals surface area contributed by atoms with Crippen LogP contribution < -0.4 is 5.32 Å². The molecule has 24 heavy (non-hydrogen) atoms. The van der Waals surface area contributed by atoms with E-state index >= 15 is 0 Å². The molecule has 3 rings (SSSR count). The molecule has 1 aliphatic rings. The van der Waals surface area contributed by atoms with Crippen LogP contribution in [-0.4, -0.2) is 33.6 Å². The average molecular weight is 329 g/mol. The number of hydrogen-bond acceptors (Lipinski definition) is 3. The second-order valence-corrected chi connectivity index (χ2v) is 6.91. The number of nitrogens with zero attached hydrogens (tertiary/aromatic N) is 2. The molecular formula is C19H27N3O2. The Kier molecular flexibility index (Phi) is 4.90. The van der Waals surface area contributed by atoms with Crippen LogP contribution in [0.4, 0.5) is 0 Å². The SMILES string of the molecule is CCC(CC)(CCO)CNC(=O)c1nc(C2CC2)n2ccccc12. The Hall–Kier alpha value is -1.88. The lowest BCUT2D eigenvalue weighted by atomic mass is 9.79. The number of rotatable bonds is 8. The number of carbonyl (C=O) groups is 1. The van der Waals surface area contributed by atoms with Gasteiger partial charge in [0.2, 0.25) is 0 Å². The zero-order chi connectivity index (χ0) is 17.2. The summed E-state index contributed by atoms with van der Waals surface area (Å²) in [5.74, 6) is 1.37. The van der Waals surface area contributed by atoms with E-state index in [2.05, 4.69) is 24.1 Å². The molecule has 1 fully saturated rings. The molecule has 1 amide bonds. The average Bonchev–Trinajstić information content (AvgIpc) is 3.39. The molecule has 130 valence electrons. The van der Waals surface area contributed by atoms with Crippen molar-refractivity contribution in [3.8, 4) is 0 Å². The molecule has 5 nitrogen and oxygen atoms in total. The van der Waals surface area contributed by atoms with E-state index in [1.807, 2.05) is 28.8 Å². The Morgan fingerprint density at radius 1 is 1.38 bits per heavy atom. The third-order valence-electron chi connectivity index (χ3n) is 5.50. The van der Waals surface area contributed by atoms with Gasteiger partial charge in [-0.15, -0.1) is 0 Å². The van der Waals surface area contributed by atoms with Crippen molar-refractivity contribution in [1.82, 2.24) is 14.7 Å². The van der Waals surface area contributed by atoms with Crippen LogP contribution in [0.15, 0.2) is 24.4 Å². The highest BCUT2D eigenvalue weighted by Gasteiger charge is 2.31. The fourth-order valence-electron chi connectivity index (χ4n) is 3.39. The largest absolute Gasteiger partial charge is 0.396 e. The van der Waals surface area contributed by atoms with Crippen LogP contribution in [0.1, 0.15) is 68.2 Å². The van der Waals surface area contributed by atoms with Crippen molar-refractivity contribution in [3.05, 3.63) is 35.9 Å². The highest BCUT2D eigenvalue weighted by atomic mass is 16.3. The number of imidazole rings is 1. The number of aliphatic hydroxyl groups excluding tert-OH is 1. The van der Waals surface area contributed by atoms with Gasteiger partial charge in [0, 0.05) is 25.3 Å². The third kappa shape index (κ3) is 3.18. The smallest absolute Gasteiger partial charge is 0.272 e. The van der Waals surface area contributed by atoms with E-state index in [1.54, 1.807) is 0 Å². The quantitative estimate of drug-likeness (QED) is 0.782. The van der Waals surface area contributed by atoms with Gasteiger partial charge in [0.05, 0.1) is 5.52 Å². The van der Waals surface area contributed by atoms with Gasteiger partial charge >= 0.3 is 0 Å². The van der Waals surface area contributed by atoms with Crippen molar-refractivity contribution in [2.24, 2.45) is 5.41 Å². The molecule has 0 saturated heterocycles. The Balaban J connectivity index is 1.81. The van der Waals surface area contributed by atoms with Crippen molar-refractivity contribution in [2.75, 3.05) is 13.2 Å². The number of pyridine rings is 1. The van der Waals surface area contributed by atoms with Crippen molar-refractivity contribution in [2.45, 2.75) is 51.9 Å². The van der Waals surface area contributed by atoms with Gasteiger partial charge in [-0.25, -0.2) is 4.98 Å². The normalized spacial score (nSPS) is 15.0. The van der Waals surface area contributed by atoms with Crippen LogP contribution in [0.5, 0.6) is 0 Å². The van der Waals surface area contributed by atoms with Gasteiger partial charge in [-0.1, -0.05) is 19.9 Å².